The first-order chi connectivity index (χ1) is 9.60. The number of hydrogen-bond acceptors (Lipinski definition) is 3. The Morgan fingerprint density at radius 3 is 2.70 bits per heavy atom. The first-order valence-corrected chi connectivity index (χ1v) is 5.96. The minimum absolute atomic E-state index is 0.0881. The van der Waals surface area contributed by atoms with E-state index in [1.165, 1.54) is 6.20 Å². The third-order valence-corrected chi connectivity index (χ3v) is 2.73. The Morgan fingerprint density at radius 1 is 1.25 bits per heavy atom. The van der Waals surface area contributed by atoms with Crippen LogP contribution in [0.2, 0.25) is 0 Å². The van der Waals surface area contributed by atoms with Crippen molar-refractivity contribution >= 4 is 11.6 Å². The number of amides is 1. The fourth-order valence-corrected chi connectivity index (χ4v) is 1.62. The van der Waals surface area contributed by atoms with Crippen molar-refractivity contribution in [3.63, 3.8) is 0 Å². The molecule has 2 rings (SSSR count). The Labute approximate surface area is 114 Å². The van der Waals surface area contributed by atoms with Gasteiger partial charge in [0.2, 0.25) is 0 Å². The molecular formula is C14H13F2N3O. The molecule has 1 aromatic heterocycles. The Morgan fingerprint density at radius 2 is 2.05 bits per heavy atom. The van der Waals surface area contributed by atoms with Crippen LogP contribution in [0.25, 0.3) is 0 Å². The number of nitrogens with zero attached hydrogens (tertiary/aromatic N) is 1. The monoisotopic (exact) mass is 277 g/mol. The first-order valence-electron chi connectivity index (χ1n) is 5.96. The molecule has 2 aromatic rings. The van der Waals surface area contributed by atoms with E-state index in [-0.39, 0.29) is 17.8 Å². The van der Waals surface area contributed by atoms with Crippen LogP contribution in [0.15, 0.2) is 36.5 Å². The molecule has 0 bridgehead atoms. The lowest BCUT2D eigenvalue weighted by molar-refractivity contribution is 0.0945. The molecule has 6 heteroatoms. The molecule has 1 aromatic carbocycles. The smallest absolute Gasteiger partial charge is 0.270 e. The highest BCUT2D eigenvalue weighted by Gasteiger charge is 2.09. The summed E-state index contributed by atoms with van der Waals surface area (Å²) in [5, 5.41) is 5.37. The van der Waals surface area contributed by atoms with E-state index in [1.54, 1.807) is 19.2 Å². The van der Waals surface area contributed by atoms with Crippen molar-refractivity contribution in [1.82, 2.24) is 10.3 Å². The van der Waals surface area contributed by atoms with Crippen LogP contribution in [-0.4, -0.2) is 17.9 Å². The van der Waals surface area contributed by atoms with Gasteiger partial charge in [0.25, 0.3) is 5.91 Å². The normalized spacial score (nSPS) is 10.2. The summed E-state index contributed by atoms with van der Waals surface area (Å²) in [6.45, 7) is -0.0993. The molecule has 0 radical (unpaired) electrons. The molecule has 2 N–H and O–H groups in total. The second-order valence-corrected chi connectivity index (χ2v) is 4.10. The maximum Gasteiger partial charge on any atom is 0.270 e. The zero-order chi connectivity index (χ0) is 14.5. The van der Waals surface area contributed by atoms with Crippen molar-refractivity contribution in [2.24, 2.45) is 0 Å². The van der Waals surface area contributed by atoms with Crippen LogP contribution in [0.1, 0.15) is 16.1 Å². The molecule has 0 aliphatic rings. The van der Waals surface area contributed by atoms with E-state index >= 15 is 0 Å². The predicted octanol–water partition coefficient (Wildman–Crippen LogP) is 2.33. The fraction of sp³-hybridized carbons (Fsp3) is 0.143. The molecule has 0 saturated carbocycles. The number of benzene rings is 1. The van der Waals surface area contributed by atoms with Gasteiger partial charge in [0, 0.05) is 19.2 Å². The van der Waals surface area contributed by atoms with Crippen molar-refractivity contribution < 1.29 is 13.6 Å². The molecule has 0 spiro atoms. The van der Waals surface area contributed by atoms with E-state index in [2.05, 4.69) is 15.6 Å². The summed E-state index contributed by atoms with van der Waals surface area (Å²) in [7, 11) is 1.74. The maximum atomic E-state index is 13.4. The van der Waals surface area contributed by atoms with E-state index < -0.39 is 17.5 Å². The standard InChI is InChI=1S/C14H13F2N3O/c1-17-11-3-5-13(18-8-11)14(20)19-7-9-6-10(15)2-4-12(9)16/h2-6,8,17H,7H2,1H3,(H,19,20). The quantitative estimate of drug-likeness (QED) is 0.902. The highest BCUT2D eigenvalue weighted by atomic mass is 19.1. The number of aromatic nitrogens is 1. The summed E-state index contributed by atoms with van der Waals surface area (Å²) >= 11 is 0. The summed E-state index contributed by atoms with van der Waals surface area (Å²) in [6.07, 6.45) is 1.51. The summed E-state index contributed by atoms with van der Waals surface area (Å²) in [5.74, 6) is -1.56. The van der Waals surface area contributed by atoms with Crippen LogP contribution < -0.4 is 10.6 Å². The van der Waals surface area contributed by atoms with Gasteiger partial charge in [-0.15, -0.1) is 0 Å². The van der Waals surface area contributed by atoms with E-state index in [1.807, 2.05) is 0 Å². The lowest BCUT2D eigenvalue weighted by atomic mass is 10.2. The zero-order valence-electron chi connectivity index (χ0n) is 10.8. The summed E-state index contributed by atoms with van der Waals surface area (Å²) in [6, 6.07) is 6.34. The molecule has 104 valence electrons. The second kappa shape index (κ2) is 6.10. The number of hydrogen-bond donors (Lipinski definition) is 2. The number of anilines is 1. The van der Waals surface area contributed by atoms with Gasteiger partial charge < -0.3 is 10.6 Å². The number of pyridine rings is 1. The highest BCUT2D eigenvalue weighted by Crippen LogP contribution is 2.10. The van der Waals surface area contributed by atoms with Crippen LogP contribution in [0.3, 0.4) is 0 Å². The average molecular weight is 277 g/mol. The predicted molar refractivity (Wildman–Crippen MR) is 71.3 cm³/mol. The largest absolute Gasteiger partial charge is 0.387 e. The van der Waals surface area contributed by atoms with Crippen LogP contribution in [-0.2, 0) is 6.54 Å². The lowest BCUT2D eigenvalue weighted by Crippen LogP contribution is -2.24. The van der Waals surface area contributed by atoms with Crippen molar-refractivity contribution in [1.29, 1.82) is 0 Å². The summed E-state index contributed by atoms with van der Waals surface area (Å²) in [5.41, 5.74) is 1.07. The maximum absolute atomic E-state index is 13.4. The van der Waals surface area contributed by atoms with Crippen LogP contribution in [0, 0.1) is 11.6 Å². The molecule has 0 aliphatic heterocycles. The van der Waals surface area contributed by atoms with E-state index in [4.69, 9.17) is 0 Å². The van der Waals surface area contributed by atoms with Gasteiger partial charge >= 0.3 is 0 Å². The van der Waals surface area contributed by atoms with Gasteiger partial charge in [0.05, 0.1) is 11.9 Å². The Bertz CT molecular complexity index is 614. The molecule has 0 atom stereocenters. The Kier molecular flexibility index (Phi) is 4.24. The highest BCUT2D eigenvalue weighted by molar-refractivity contribution is 5.92. The molecule has 1 heterocycles. The van der Waals surface area contributed by atoms with Crippen LogP contribution in [0.5, 0.6) is 0 Å². The molecule has 20 heavy (non-hydrogen) atoms. The molecule has 0 fully saturated rings. The number of carbonyl (C=O) groups is 1. The fourth-order valence-electron chi connectivity index (χ4n) is 1.62. The van der Waals surface area contributed by atoms with Gasteiger partial charge in [0.15, 0.2) is 0 Å². The first kappa shape index (κ1) is 13.9. The van der Waals surface area contributed by atoms with Crippen LogP contribution in [0.4, 0.5) is 14.5 Å². The second-order valence-electron chi connectivity index (χ2n) is 4.10. The summed E-state index contributed by atoms with van der Waals surface area (Å²) < 4.78 is 26.4. The Hall–Kier alpha value is -2.50. The van der Waals surface area contributed by atoms with Crippen molar-refractivity contribution in [3.05, 3.63) is 59.4 Å². The van der Waals surface area contributed by atoms with E-state index in [9.17, 15) is 13.6 Å². The SMILES string of the molecule is CNc1ccc(C(=O)NCc2cc(F)ccc2F)nc1. The minimum Gasteiger partial charge on any atom is -0.387 e. The average Bonchev–Trinajstić information content (AvgIpc) is 2.48. The topological polar surface area (TPSA) is 54.0 Å². The minimum atomic E-state index is -0.565. The van der Waals surface area contributed by atoms with Gasteiger partial charge in [-0.1, -0.05) is 0 Å². The Balaban J connectivity index is 2.02. The van der Waals surface area contributed by atoms with Crippen molar-refractivity contribution in [2.75, 3.05) is 12.4 Å². The summed E-state index contributed by atoms with van der Waals surface area (Å²) in [4.78, 5) is 15.8. The van der Waals surface area contributed by atoms with Gasteiger partial charge in [-0.05, 0) is 30.3 Å². The van der Waals surface area contributed by atoms with Crippen molar-refractivity contribution in [3.8, 4) is 0 Å². The third kappa shape index (κ3) is 3.28. The molecule has 4 nitrogen and oxygen atoms in total. The van der Waals surface area contributed by atoms with Gasteiger partial charge in [-0.2, -0.15) is 0 Å². The third-order valence-electron chi connectivity index (χ3n) is 2.73. The number of nitrogens with one attached hydrogen (secondary N) is 2. The number of rotatable bonds is 4. The lowest BCUT2D eigenvalue weighted by Gasteiger charge is -2.06. The van der Waals surface area contributed by atoms with Gasteiger partial charge in [-0.25, -0.2) is 13.8 Å². The molecule has 0 aliphatic carbocycles. The van der Waals surface area contributed by atoms with Gasteiger partial charge in [0.1, 0.15) is 17.3 Å². The molecule has 0 saturated heterocycles. The van der Waals surface area contributed by atoms with E-state index in [0.717, 1.165) is 23.9 Å². The number of halogens is 2. The molecule has 0 unspecified atom stereocenters. The van der Waals surface area contributed by atoms with E-state index in [0.29, 0.717) is 0 Å². The zero-order valence-corrected chi connectivity index (χ0v) is 10.8. The van der Waals surface area contributed by atoms with Crippen LogP contribution >= 0.6 is 0 Å². The molecular weight excluding hydrogens is 264 g/mol. The molecule has 1 amide bonds. The van der Waals surface area contributed by atoms with Crippen molar-refractivity contribution in [2.45, 2.75) is 6.54 Å². The number of carbonyl (C=O) groups excluding carboxylic acids is 1. The van der Waals surface area contributed by atoms with Gasteiger partial charge in [-0.3, -0.25) is 4.79 Å².